The van der Waals surface area contributed by atoms with E-state index in [0.717, 1.165) is 16.4 Å². The van der Waals surface area contributed by atoms with Crippen LogP contribution >= 0.6 is 22.9 Å². The molecule has 0 radical (unpaired) electrons. The molecule has 1 aromatic rings. The van der Waals surface area contributed by atoms with Gasteiger partial charge in [-0.3, -0.25) is 0 Å². The molecular weight excluding hydrogens is 178 g/mol. The van der Waals surface area contributed by atoms with Gasteiger partial charge in [0.2, 0.25) is 0 Å². The van der Waals surface area contributed by atoms with Gasteiger partial charge in [-0.25, -0.2) is 0 Å². The van der Waals surface area contributed by atoms with Crippen LogP contribution in [0.15, 0.2) is 11.4 Å². The molecule has 1 aromatic heterocycles. The van der Waals surface area contributed by atoms with Crippen molar-refractivity contribution in [3.8, 4) is 0 Å². The molecule has 1 nitrogen and oxygen atoms in total. The van der Waals surface area contributed by atoms with Crippen molar-refractivity contribution in [2.75, 3.05) is 5.32 Å². The molecule has 0 aliphatic carbocycles. The zero-order valence-electron chi connectivity index (χ0n) is 6.73. The second-order valence-corrected chi connectivity index (χ2v) is 3.87. The highest BCUT2D eigenvalue weighted by molar-refractivity contribution is 7.14. The zero-order chi connectivity index (χ0) is 8.27. The smallest absolute Gasteiger partial charge is 0.107 e. The fraction of sp³-hybridized carbons (Fsp3) is 0.500. The minimum Gasteiger partial charge on any atom is -0.373 e. The minimum absolute atomic E-state index is 0.506. The quantitative estimate of drug-likeness (QED) is 0.766. The summed E-state index contributed by atoms with van der Waals surface area (Å²) in [7, 11) is 0. The van der Waals surface area contributed by atoms with E-state index in [1.165, 1.54) is 0 Å². The molecule has 0 fully saturated rings. The molecule has 62 valence electrons. The molecule has 0 aliphatic rings. The van der Waals surface area contributed by atoms with Gasteiger partial charge in [0, 0.05) is 6.04 Å². The van der Waals surface area contributed by atoms with E-state index in [2.05, 4.69) is 19.2 Å². The van der Waals surface area contributed by atoms with Crippen LogP contribution in [0.3, 0.4) is 0 Å². The zero-order valence-corrected chi connectivity index (χ0v) is 8.30. The summed E-state index contributed by atoms with van der Waals surface area (Å²) >= 11 is 7.54. The van der Waals surface area contributed by atoms with E-state index in [1.54, 1.807) is 11.3 Å². The molecule has 3 heteroatoms. The van der Waals surface area contributed by atoms with Gasteiger partial charge < -0.3 is 5.32 Å². The van der Waals surface area contributed by atoms with Crippen LogP contribution in [0.1, 0.15) is 20.3 Å². The fourth-order valence-corrected chi connectivity index (χ4v) is 1.84. The van der Waals surface area contributed by atoms with Crippen molar-refractivity contribution < 1.29 is 0 Å². The summed E-state index contributed by atoms with van der Waals surface area (Å²) in [5.74, 6) is 0. The van der Waals surface area contributed by atoms with Crippen molar-refractivity contribution in [2.24, 2.45) is 0 Å². The SMILES string of the molecule is CC[C@@H](C)Nc1sccc1Cl. The van der Waals surface area contributed by atoms with Crippen LogP contribution in [0.4, 0.5) is 5.00 Å². The van der Waals surface area contributed by atoms with Gasteiger partial charge in [0.15, 0.2) is 0 Å². The molecule has 11 heavy (non-hydrogen) atoms. The largest absolute Gasteiger partial charge is 0.373 e. The van der Waals surface area contributed by atoms with Gasteiger partial charge in [-0.05, 0) is 24.8 Å². The van der Waals surface area contributed by atoms with E-state index >= 15 is 0 Å². The Hall–Kier alpha value is -0.210. The molecular formula is C8H12ClNS. The molecule has 0 amide bonds. The summed E-state index contributed by atoms with van der Waals surface area (Å²) in [6, 6.07) is 2.42. The van der Waals surface area contributed by atoms with Gasteiger partial charge in [-0.2, -0.15) is 0 Å². The lowest BCUT2D eigenvalue weighted by Crippen LogP contribution is -2.12. The summed E-state index contributed by atoms with van der Waals surface area (Å²) in [6.45, 7) is 4.30. The lowest BCUT2D eigenvalue weighted by Gasteiger charge is -2.10. The van der Waals surface area contributed by atoms with Gasteiger partial charge in [0.1, 0.15) is 5.00 Å². The van der Waals surface area contributed by atoms with Crippen molar-refractivity contribution in [1.29, 1.82) is 0 Å². The van der Waals surface area contributed by atoms with Crippen molar-refractivity contribution in [2.45, 2.75) is 26.3 Å². The average Bonchev–Trinajstić information content (AvgIpc) is 2.37. The molecule has 1 rings (SSSR count). The highest BCUT2D eigenvalue weighted by Gasteiger charge is 2.03. The second kappa shape index (κ2) is 3.98. The summed E-state index contributed by atoms with van der Waals surface area (Å²) in [4.78, 5) is 0. The van der Waals surface area contributed by atoms with Crippen LogP contribution < -0.4 is 5.32 Å². The summed E-state index contributed by atoms with van der Waals surface area (Å²) in [5, 5.41) is 7.23. The summed E-state index contributed by atoms with van der Waals surface area (Å²) in [5.41, 5.74) is 0. The van der Waals surface area contributed by atoms with Crippen molar-refractivity contribution in [1.82, 2.24) is 0 Å². The second-order valence-electron chi connectivity index (χ2n) is 2.55. The molecule has 0 aromatic carbocycles. The summed E-state index contributed by atoms with van der Waals surface area (Å²) in [6.07, 6.45) is 1.12. The summed E-state index contributed by atoms with van der Waals surface area (Å²) < 4.78 is 0. The lowest BCUT2D eigenvalue weighted by molar-refractivity contribution is 0.767. The van der Waals surface area contributed by atoms with Crippen molar-refractivity contribution in [3.05, 3.63) is 16.5 Å². The van der Waals surface area contributed by atoms with Crippen LogP contribution in [0.5, 0.6) is 0 Å². The number of thiophene rings is 1. The maximum Gasteiger partial charge on any atom is 0.107 e. The van der Waals surface area contributed by atoms with Crippen LogP contribution in [-0.4, -0.2) is 6.04 Å². The standard InChI is InChI=1S/C8H12ClNS/c1-3-6(2)10-8-7(9)4-5-11-8/h4-6,10H,3H2,1-2H3/t6-/m1/s1. The Morgan fingerprint density at radius 1 is 1.73 bits per heavy atom. The number of anilines is 1. The van der Waals surface area contributed by atoms with E-state index in [1.807, 2.05) is 11.4 Å². The third kappa shape index (κ3) is 2.38. The number of hydrogen-bond acceptors (Lipinski definition) is 2. The first kappa shape index (κ1) is 8.88. The Balaban J connectivity index is 2.56. The number of halogens is 1. The highest BCUT2D eigenvalue weighted by atomic mass is 35.5. The average molecular weight is 190 g/mol. The van der Waals surface area contributed by atoms with Gasteiger partial charge in [0.05, 0.1) is 5.02 Å². The molecule has 1 N–H and O–H groups in total. The topological polar surface area (TPSA) is 12.0 Å². The minimum atomic E-state index is 0.506. The highest BCUT2D eigenvalue weighted by Crippen LogP contribution is 2.28. The molecule has 0 spiro atoms. The normalized spacial score (nSPS) is 13.0. The van der Waals surface area contributed by atoms with Crippen LogP contribution in [0.25, 0.3) is 0 Å². The molecule has 1 heterocycles. The number of hydrogen-bond donors (Lipinski definition) is 1. The first-order valence-corrected chi connectivity index (χ1v) is 4.99. The van der Waals surface area contributed by atoms with E-state index in [9.17, 15) is 0 Å². The van der Waals surface area contributed by atoms with E-state index in [-0.39, 0.29) is 0 Å². The van der Waals surface area contributed by atoms with E-state index < -0.39 is 0 Å². The van der Waals surface area contributed by atoms with Gasteiger partial charge >= 0.3 is 0 Å². The predicted molar refractivity (Wildman–Crippen MR) is 52.7 cm³/mol. The lowest BCUT2D eigenvalue weighted by atomic mass is 10.3. The number of rotatable bonds is 3. The Labute approximate surface area is 76.4 Å². The molecule has 0 saturated heterocycles. The third-order valence-corrected chi connectivity index (χ3v) is 2.88. The monoisotopic (exact) mass is 189 g/mol. The first-order chi connectivity index (χ1) is 5.24. The van der Waals surface area contributed by atoms with Gasteiger partial charge in [0.25, 0.3) is 0 Å². The van der Waals surface area contributed by atoms with Crippen LogP contribution in [0, 0.1) is 0 Å². The van der Waals surface area contributed by atoms with Crippen LogP contribution in [-0.2, 0) is 0 Å². The fourth-order valence-electron chi connectivity index (χ4n) is 0.723. The Bertz CT molecular complexity index is 222. The number of nitrogens with one attached hydrogen (secondary N) is 1. The predicted octanol–water partition coefficient (Wildman–Crippen LogP) is 3.61. The first-order valence-electron chi connectivity index (χ1n) is 3.73. The van der Waals surface area contributed by atoms with Crippen molar-refractivity contribution >= 4 is 27.9 Å². The maximum absolute atomic E-state index is 5.89. The molecule has 0 bridgehead atoms. The maximum atomic E-state index is 5.89. The Morgan fingerprint density at radius 2 is 2.45 bits per heavy atom. The molecule has 0 saturated carbocycles. The Morgan fingerprint density at radius 3 is 2.91 bits per heavy atom. The molecule has 0 unspecified atom stereocenters. The van der Waals surface area contributed by atoms with Gasteiger partial charge in [-0.1, -0.05) is 18.5 Å². The van der Waals surface area contributed by atoms with Crippen LogP contribution in [0.2, 0.25) is 5.02 Å². The van der Waals surface area contributed by atoms with Crippen molar-refractivity contribution in [3.63, 3.8) is 0 Å². The third-order valence-electron chi connectivity index (χ3n) is 1.61. The molecule has 0 aliphatic heterocycles. The van der Waals surface area contributed by atoms with E-state index in [0.29, 0.717) is 6.04 Å². The van der Waals surface area contributed by atoms with E-state index in [4.69, 9.17) is 11.6 Å². The van der Waals surface area contributed by atoms with Gasteiger partial charge in [-0.15, -0.1) is 11.3 Å². The Kier molecular flexibility index (Phi) is 3.21. The molecule has 1 atom stereocenters.